The van der Waals surface area contributed by atoms with Crippen LogP contribution < -0.4 is 10.0 Å². The van der Waals surface area contributed by atoms with E-state index in [0.717, 1.165) is 30.0 Å². The molecular weight excluding hydrogens is 516 g/mol. The first-order valence-electron chi connectivity index (χ1n) is 10.9. The summed E-state index contributed by atoms with van der Waals surface area (Å²) >= 11 is 0. The van der Waals surface area contributed by atoms with Crippen molar-refractivity contribution in [3.63, 3.8) is 0 Å². The summed E-state index contributed by atoms with van der Waals surface area (Å²) in [6, 6.07) is 21.6. The van der Waals surface area contributed by atoms with Crippen LogP contribution in [0.15, 0.2) is 83.8 Å². The van der Waals surface area contributed by atoms with Gasteiger partial charge in [0.25, 0.3) is 10.0 Å². The van der Waals surface area contributed by atoms with E-state index in [9.17, 15) is 30.8 Å². The third-order valence-electron chi connectivity index (χ3n) is 5.54. The molecule has 0 heterocycles. The predicted octanol–water partition coefficient (Wildman–Crippen LogP) is 4.61. The topological polar surface area (TPSA) is 113 Å². The molecule has 7 nitrogen and oxygen atoms in total. The summed E-state index contributed by atoms with van der Waals surface area (Å²) < 4.78 is 72.8. The molecule has 0 aromatic heterocycles. The zero-order valence-electron chi connectivity index (χ0n) is 19.1. The third-order valence-corrected chi connectivity index (χ3v) is 6.95. The molecule has 196 valence electrons. The van der Waals surface area contributed by atoms with Crippen molar-refractivity contribution in [1.82, 2.24) is 5.32 Å². The lowest BCUT2D eigenvalue weighted by Gasteiger charge is -2.17. The molecule has 3 N–H and O–H groups in total. The zero-order chi connectivity index (χ0) is 27.3. The number of rotatable bonds is 7. The van der Waals surface area contributed by atoms with Crippen LogP contribution in [-0.4, -0.2) is 31.6 Å². The van der Waals surface area contributed by atoms with Gasteiger partial charge in [-0.15, -0.1) is 0 Å². The van der Waals surface area contributed by atoms with Crippen molar-refractivity contribution in [2.45, 2.75) is 35.9 Å². The molecule has 1 fully saturated rings. The number of alkyl halides is 3. The van der Waals surface area contributed by atoms with Crippen molar-refractivity contribution < 1.29 is 40.7 Å². The maximum absolute atomic E-state index is 13.8. The van der Waals surface area contributed by atoms with Gasteiger partial charge in [-0.1, -0.05) is 54.6 Å². The molecule has 1 saturated carbocycles. The lowest BCUT2D eigenvalue weighted by molar-refractivity contribution is -0.192. The molecule has 1 amide bonds. The number of anilines is 1. The number of hydrogen-bond donors (Lipinski definition) is 3. The van der Waals surface area contributed by atoms with E-state index in [0.29, 0.717) is 12.2 Å². The van der Waals surface area contributed by atoms with E-state index in [1.165, 1.54) is 18.2 Å². The molecule has 12 heteroatoms. The summed E-state index contributed by atoms with van der Waals surface area (Å²) in [4.78, 5) is 21.3. The smallest absolute Gasteiger partial charge is 0.475 e. The second kappa shape index (κ2) is 11.0. The molecule has 1 aliphatic carbocycles. The number of carboxylic acid groups (broad SMARTS) is 1. The average molecular weight is 539 g/mol. The minimum atomic E-state index is -5.08. The third kappa shape index (κ3) is 7.06. The number of hydrogen-bond acceptors (Lipinski definition) is 4. The fourth-order valence-electron chi connectivity index (χ4n) is 3.45. The number of halogens is 4. The molecule has 4 rings (SSSR count). The molecule has 0 atom stereocenters. The highest BCUT2D eigenvalue weighted by Gasteiger charge is 2.51. The van der Waals surface area contributed by atoms with Gasteiger partial charge in [-0.2, -0.15) is 13.2 Å². The molecule has 0 bridgehead atoms. The summed E-state index contributed by atoms with van der Waals surface area (Å²) in [7, 11) is -4.04. The van der Waals surface area contributed by atoms with Crippen LogP contribution >= 0.6 is 0 Å². The van der Waals surface area contributed by atoms with Gasteiger partial charge in [0.15, 0.2) is 0 Å². The van der Waals surface area contributed by atoms with Gasteiger partial charge in [-0.3, -0.25) is 9.52 Å². The maximum Gasteiger partial charge on any atom is 0.490 e. The van der Waals surface area contributed by atoms with Gasteiger partial charge < -0.3 is 10.4 Å². The lowest BCUT2D eigenvalue weighted by atomic mass is 9.94. The Kier molecular flexibility index (Phi) is 8.22. The second-order valence-electron chi connectivity index (χ2n) is 8.17. The minimum Gasteiger partial charge on any atom is -0.475 e. The molecule has 3 aromatic rings. The highest BCUT2D eigenvalue weighted by atomic mass is 32.2. The SMILES string of the molecule is O=C(NCc1ccccc1)C1(c2ccc(NS(=O)(=O)c3ccccc3F)cc2)CC1.O=C(O)C(F)(F)F. The van der Waals surface area contributed by atoms with E-state index in [2.05, 4.69) is 10.0 Å². The first kappa shape index (κ1) is 27.7. The highest BCUT2D eigenvalue weighted by molar-refractivity contribution is 7.92. The number of carboxylic acids is 1. The van der Waals surface area contributed by atoms with Crippen LogP contribution in [-0.2, 0) is 31.6 Å². The number of sulfonamides is 1. The molecule has 0 saturated heterocycles. The summed E-state index contributed by atoms with van der Waals surface area (Å²) in [6.07, 6.45) is -3.60. The molecule has 0 radical (unpaired) electrons. The summed E-state index contributed by atoms with van der Waals surface area (Å²) in [5.74, 6) is -3.60. The van der Waals surface area contributed by atoms with E-state index in [-0.39, 0.29) is 5.91 Å². The number of benzene rings is 3. The van der Waals surface area contributed by atoms with Gasteiger partial charge in [0, 0.05) is 12.2 Å². The maximum atomic E-state index is 13.8. The number of aliphatic carboxylic acids is 1. The largest absolute Gasteiger partial charge is 0.490 e. The van der Waals surface area contributed by atoms with E-state index in [1.54, 1.807) is 24.3 Å². The van der Waals surface area contributed by atoms with Crippen LogP contribution in [0.25, 0.3) is 0 Å². The van der Waals surface area contributed by atoms with E-state index in [1.807, 2.05) is 30.3 Å². The van der Waals surface area contributed by atoms with Crippen molar-refractivity contribution in [2.24, 2.45) is 0 Å². The van der Waals surface area contributed by atoms with E-state index >= 15 is 0 Å². The molecular formula is C25H22F4N2O5S. The van der Waals surface area contributed by atoms with Crippen molar-refractivity contribution in [3.8, 4) is 0 Å². The summed E-state index contributed by atoms with van der Waals surface area (Å²) in [6.45, 7) is 0.460. The van der Waals surface area contributed by atoms with Crippen LogP contribution in [0, 0.1) is 5.82 Å². The van der Waals surface area contributed by atoms with Crippen LogP contribution in [0.4, 0.5) is 23.2 Å². The molecule has 1 aliphatic rings. The van der Waals surface area contributed by atoms with Crippen molar-refractivity contribution in [3.05, 3.63) is 95.8 Å². The van der Waals surface area contributed by atoms with Gasteiger partial charge >= 0.3 is 12.1 Å². The van der Waals surface area contributed by atoms with E-state index < -0.39 is 38.3 Å². The van der Waals surface area contributed by atoms with Gasteiger partial charge in [0.2, 0.25) is 5.91 Å². The fraction of sp³-hybridized carbons (Fsp3) is 0.200. The zero-order valence-corrected chi connectivity index (χ0v) is 19.9. The quantitative estimate of drug-likeness (QED) is 0.381. The van der Waals surface area contributed by atoms with Gasteiger partial charge in [-0.25, -0.2) is 17.6 Å². The van der Waals surface area contributed by atoms with Gasteiger partial charge in [-0.05, 0) is 48.2 Å². The number of carbonyl (C=O) groups excluding carboxylic acids is 1. The Morgan fingerprint density at radius 1 is 0.892 bits per heavy atom. The van der Waals surface area contributed by atoms with Gasteiger partial charge in [0.1, 0.15) is 10.7 Å². The first-order valence-corrected chi connectivity index (χ1v) is 12.3. The second-order valence-corrected chi connectivity index (χ2v) is 9.82. The van der Waals surface area contributed by atoms with Crippen molar-refractivity contribution in [1.29, 1.82) is 0 Å². The lowest BCUT2D eigenvalue weighted by Crippen LogP contribution is -2.34. The predicted molar refractivity (Wildman–Crippen MR) is 127 cm³/mol. The number of amides is 1. The molecule has 37 heavy (non-hydrogen) atoms. The van der Waals surface area contributed by atoms with Crippen LogP contribution in [0.5, 0.6) is 0 Å². The monoisotopic (exact) mass is 538 g/mol. The van der Waals surface area contributed by atoms with E-state index in [4.69, 9.17) is 9.90 Å². The molecule has 0 spiro atoms. The summed E-state index contributed by atoms with van der Waals surface area (Å²) in [5.41, 5.74) is 1.60. The summed E-state index contributed by atoms with van der Waals surface area (Å²) in [5, 5.41) is 10.1. The fourth-order valence-corrected chi connectivity index (χ4v) is 4.59. The van der Waals surface area contributed by atoms with Crippen LogP contribution in [0.2, 0.25) is 0 Å². The highest BCUT2D eigenvalue weighted by Crippen LogP contribution is 2.48. The Labute approximate surface area is 210 Å². The Bertz CT molecular complexity index is 1360. The standard InChI is InChI=1S/C23H21FN2O3S.C2HF3O2/c24-20-8-4-5-9-21(20)30(28,29)26-19-12-10-18(11-13-19)23(14-15-23)22(27)25-16-17-6-2-1-3-7-17;3-2(4,5)1(6)7/h1-13,26H,14-16H2,(H,25,27);(H,6,7). The number of nitrogens with one attached hydrogen (secondary N) is 2. The van der Waals surface area contributed by atoms with Crippen molar-refractivity contribution >= 4 is 27.6 Å². The average Bonchev–Trinajstić information content (AvgIpc) is 3.65. The van der Waals surface area contributed by atoms with Crippen molar-refractivity contribution in [2.75, 3.05) is 4.72 Å². The Morgan fingerprint density at radius 2 is 1.43 bits per heavy atom. The first-order chi connectivity index (χ1) is 17.3. The normalized spacial score (nSPS) is 14.1. The van der Waals surface area contributed by atoms with Crippen LogP contribution in [0.3, 0.4) is 0 Å². The minimum absolute atomic E-state index is 0.0361. The number of carbonyl (C=O) groups is 2. The Morgan fingerprint density at radius 3 is 1.95 bits per heavy atom. The van der Waals surface area contributed by atoms with Gasteiger partial charge in [0.05, 0.1) is 5.41 Å². The molecule has 0 unspecified atom stereocenters. The Balaban J connectivity index is 0.000000479. The molecule has 0 aliphatic heterocycles. The molecule has 3 aromatic carbocycles. The van der Waals surface area contributed by atoms with Crippen LogP contribution in [0.1, 0.15) is 24.0 Å². The Hall–Kier alpha value is -3.93.